The fourth-order valence-electron chi connectivity index (χ4n) is 3.64. The van der Waals surface area contributed by atoms with Gasteiger partial charge in [0, 0.05) is 55.3 Å². The van der Waals surface area contributed by atoms with Gasteiger partial charge in [0.15, 0.2) is 0 Å². The van der Waals surface area contributed by atoms with Gasteiger partial charge in [0.25, 0.3) is 5.91 Å². The summed E-state index contributed by atoms with van der Waals surface area (Å²) < 4.78 is 7.07. The van der Waals surface area contributed by atoms with Gasteiger partial charge in [-0.2, -0.15) is 5.10 Å². The van der Waals surface area contributed by atoms with Gasteiger partial charge in [-0.15, -0.1) is 0 Å². The maximum atomic E-state index is 12.8. The minimum absolute atomic E-state index is 0.0953. The van der Waals surface area contributed by atoms with E-state index in [9.17, 15) is 4.79 Å². The summed E-state index contributed by atoms with van der Waals surface area (Å²) in [5.41, 5.74) is 4.98. The molecule has 4 rings (SSSR count). The van der Waals surface area contributed by atoms with Crippen molar-refractivity contribution >= 4 is 5.91 Å². The van der Waals surface area contributed by atoms with Crippen LogP contribution in [0.5, 0.6) is 0 Å². The number of hydrogen-bond donors (Lipinski definition) is 0. The number of hydrogen-bond acceptors (Lipinski definition) is 5. The van der Waals surface area contributed by atoms with Gasteiger partial charge in [0.1, 0.15) is 0 Å². The standard InChI is InChI=1S/C21H25N5O2/c1-13(2)18-9-20(28-24-18)21(27)26-6-5-15(12-26)19-8-16(7-14(3)23-19)17-10-22-25(4)11-17/h7-11,13,15H,5-6,12H2,1-4H3. The third-order valence-electron chi connectivity index (χ3n) is 5.24. The molecule has 0 spiro atoms. The van der Waals surface area contributed by atoms with Gasteiger partial charge in [-0.05, 0) is 37.0 Å². The number of rotatable bonds is 4. The molecule has 1 fully saturated rings. The number of likely N-dealkylation sites (tertiary alicyclic amines) is 1. The van der Waals surface area contributed by atoms with Crippen LogP contribution < -0.4 is 0 Å². The first kappa shape index (κ1) is 18.4. The Morgan fingerprint density at radius 2 is 2.07 bits per heavy atom. The molecule has 1 amide bonds. The monoisotopic (exact) mass is 379 g/mol. The van der Waals surface area contributed by atoms with Gasteiger partial charge < -0.3 is 9.42 Å². The summed E-state index contributed by atoms with van der Waals surface area (Å²) in [5, 5.41) is 8.26. The molecule has 3 aromatic rings. The van der Waals surface area contributed by atoms with Crippen molar-refractivity contribution in [2.24, 2.45) is 7.05 Å². The van der Waals surface area contributed by atoms with Crippen LogP contribution >= 0.6 is 0 Å². The van der Waals surface area contributed by atoms with Crippen LogP contribution in [0.15, 0.2) is 35.1 Å². The number of aromatic nitrogens is 4. The Morgan fingerprint density at radius 3 is 2.75 bits per heavy atom. The molecule has 3 aromatic heterocycles. The van der Waals surface area contributed by atoms with Crippen molar-refractivity contribution < 1.29 is 9.32 Å². The molecule has 0 aliphatic carbocycles. The summed E-state index contributed by atoms with van der Waals surface area (Å²) in [6.45, 7) is 7.39. The lowest BCUT2D eigenvalue weighted by Crippen LogP contribution is -2.28. The molecule has 7 heteroatoms. The van der Waals surface area contributed by atoms with Crippen molar-refractivity contribution in [1.29, 1.82) is 0 Å². The third-order valence-corrected chi connectivity index (χ3v) is 5.24. The molecule has 1 atom stereocenters. The lowest BCUT2D eigenvalue weighted by Gasteiger charge is -2.15. The normalized spacial score (nSPS) is 16.9. The SMILES string of the molecule is Cc1cc(-c2cnn(C)c2)cc(C2CCN(C(=O)c3cc(C(C)C)no3)C2)n1. The van der Waals surface area contributed by atoms with E-state index in [0.29, 0.717) is 18.8 Å². The highest BCUT2D eigenvalue weighted by molar-refractivity contribution is 5.91. The molecule has 28 heavy (non-hydrogen) atoms. The number of aryl methyl sites for hydroxylation is 2. The predicted octanol–water partition coefficient (Wildman–Crippen LogP) is 3.53. The van der Waals surface area contributed by atoms with Crippen molar-refractivity contribution in [3.05, 3.63) is 53.4 Å². The minimum atomic E-state index is -0.0953. The lowest BCUT2D eigenvalue weighted by molar-refractivity contribution is 0.0749. The number of amides is 1. The first-order chi connectivity index (χ1) is 13.4. The van der Waals surface area contributed by atoms with Gasteiger partial charge in [-0.25, -0.2) is 0 Å². The molecule has 1 aliphatic rings. The van der Waals surface area contributed by atoms with E-state index in [1.165, 1.54) is 0 Å². The zero-order valence-corrected chi connectivity index (χ0v) is 16.7. The smallest absolute Gasteiger partial charge is 0.292 e. The second-order valence-corrected chi connectivity index (χ2v) is 7.83. The second kappa shape index (κ2) is 7.22. The maximum Gasteiger partial charge on any atom is 0.292 e. The van der Waals surface area contributed by atoms with Crippen LogP contribution in [-0.2, 0) is 7.05 Å². The topological polar surface area (TPSA) is 77.0 Å². The number of pyridine rings is 1. The van der Waals surface area contributed by atoms with Crippen LogP contribution in [0.4, 0.5) is 0 Å². The molecule has 4 heterocycles. The van der Waals surface area contributed by atoms with Crippen LogP contribution in [0.2, 0.25) is 0 Å². The summed E-state index contributed by atoms with van der Waals surface area (Å²) in [5.74, 6) is 0.672. The van der Waals surface area contributed by atoms with Gasteiger partial charge in [0.2, 0.25) is 5.76 Å². The summed E-state index contributed by atoms with van der Waals surface area (Å²) in [6, 6.07) is 5.94. The Hall–Kier alpha value is -2.96. The van der Waals surface area contributed by atoms with Crippen LogP contribution in [0.1, 0.15) is 59.7 Å². The molecule has 0 aromatic carbocycles. The van der Waals surface area contributed by atoms with Gasteiger partial charge in [0.05, 0.1) is 11.9 Å². The van der Waals surface area contributed by atoms with Crippen molar-refractivity contribution in [1.82, 2.24) is 24.8 Å². The van der Waals surface area contributed by atoms with Crippen molar-refractivity contribution in [3.63, 3.8) is 0 Å². The lowest BCUT2D eigenvalue weighted by atomic mass is 10.00. The summed E-state index contributed by atoms with van der Waals surface area (Å²) in [6.07, 6.45) is 4.75. The van der Waals surface area contributed by atoms with Crippen LogP contribution in [0.3, 0.4) is 0 Å². The Labute approximate surface area is 164 Å². The van der Waals surface area contributed by atoms with Gasteiger partial charge in [-0.3, -0.25) is 14.5 Å². The Kier molecular flexibility index (Phi) is 4.75. The Morgan fingerprint density at radius 1 is 1.25 bits per heavy atom. The fraction of sp³-hybridized carbons (Fsp3) is 0.429. The van der Waals surface area contributed by atoms with E-state index in [1.807, 2.05) is 45.1 Å². The Bertz CT molecular complexity index is 1000. The summed E-state index contributed by atoms with van der Waals surface area (Å²) in [7, 11) is 1.91. The number of carbonyl (C=O) groups excluding carboxylic acids is 1. The Balaban J connectivity index is 1.52. The second-order valence-electron chi connectivity index (χ2n) is 7.83. The molecule has 0 bridgehead atoms. The molecule has 0 saturated carbocycles. The van der Waals surface area contributed by atoms with E-state index >= 15 is 0 Å². The quantitative estimate of drug-likeness (QED) is 0.693. The number of nitrogens with zero attached hydrogens (tertiary/aromatic N) is 5. The highest BCUT2D eigenvalue weighted by atomic mass is 16.5. The molecular weight excluding hydrogens is 354 g/mol. The molecule has 1 unspecified atom stereocenters. The van der Waals surface area contributed by atoms with Crippen molar-refractivity contribution in [2.75, 3.05) is 13.1 Å². The molecule has 7 nitrogen and oxygen atoms in total. The van der Waals surface area contributed by atoms with E-state index < -0.39 is 0 Å². The van der Waals surface area contributed by atoms with E-state index in [-0.39, 0.29) is 17.7 Å². The van der Waals surface area contributed by atoms with Crippen LogP contribution in [0, 0.1) is 6.92 Å². The largest absolute Gasteiger partial charge is 0.351 e. The molecule has 1 aliphatic heterocycles. The van der Waals surface area contributed by atoms with Crippen LogP contribution in [0.25, 0.3) is 11.1 Å². The van der Waals surface area contributed by atoms with E-state index in [4.69, 9.17) is 9.51 Å². The first-order valence-corrected chi connectivity index (χ1v) is 9.64. The minimum Gasteiger partial charge on any atom is -0.351 e. The summed E-state index contributed by atoms with van der Waals surface area (Å²) >= 11 is 0. The zero-order valence-electron chi connectivity index (χ0n) is 16.7. The number of carbonyl (C=O) groups is 1. The third kappa shape index (κ3) is 3.56. The molecular formula is C21H25N5O2. The van der Waals surface area contributed by atoms with Gasteiger partial charge >= 0.3 is 0 Å². The van der Waals surface area contributed by atoms with E-state index in [2.05, 4.69) is 22.4 Å². The fourth-order valence-corrected chi connectivity index (χ4v) is 3.64. The highest BCUT2D eigenvalue weighted by Gasteiger charge is 2.31. The van der Waals surface area contributed by atoms with Gasteiger partial charge in [-0.1, -0.05) is 19.0 Å². The molecule has 0 radical (unpaired) electrons. The average Bonchev–Trinajstić information content (AvgIpc) is 3.40. The predicted molar refractivity (Wildman–Crippen MR) is 105 cm³/mol. The average molecular weight is 379 g/mol. The van der Waals surface area contributed by atoms with Crippen molar-refractivity contribution in [3.8, 4) is 11.1 Å². The molecule has 1 saturated heterocycles. The summed E-state index contributed by atoms with van der Waals surface area (Å²) in [4.78, 5) is 19.4. The first-order valence-electron chi connectivity index (χ1n) is 9.64. The molecule has 0 N–H and O–H groups in total. The van der Waals surface area contributed by atoms with Crippen LogP contribution in [-0.4, -0.2) is 43.8 Å². The maximum absolute atomic E-state index is 12.8. The highest BCUT2D eigenvalue weighted by Crippen LogP contribution is 2.30. The van der Waals surface area contributed by atoms with Crippen molar-refractivity contribution in [2.45, 2.75) is 39.0 Å². The molecule has 146 valence electrons. The zero-order chi connectivity index (χ0) is 19.8. The van der Waals surface area contributed by atoms with E-state index in [0.717, 1.165) is 34.6 Å². The van der Waals surface area contributed by atoms with E-state index in [1.54, 1.807) is 10.7 Å².